The molecule has 1 fully saturated rings. The fourth-order valence-electron chi connectivity index (χ4n) is 1.85. The molecule has 2 heterocycles. The normalized spacial score (nSPS) is 19.4. The Kier molecular flexibility index (Phi) is 3.82. The third-order valence-electron chi connectivity index (χ3n) is 3.11. The number of nitrogens with one attached hydrogen (secondary N) is 1. The maximum atomic E-state index is 5.39. The molecule has 0 unspecified atom stereocenters. The Balaban J connectivity index is 1.91. The Hall–Kier alpha value is -0.610. The van der Waals surface area contributed by atoms with Crippen molar-refractivity contribution in [2.24, 2.45) is 5.41 Å². The highest BCUT2D eigenvalue weighted by atomic mass is 79.9. The van der Waals surface area contributed by atoms with Gasteiger partial charge in [0.2, 0.25) is 0 Å². The number of anilines is 1. The van der Waals surface area contributed by atoms with Crippen LogP contribution in [0.15, 0.2) is 22.8 Å². The molecule has 1 N–H and O–H groups in total. The van der Waals surface area contributed by atoms with Crippen LogP contribution in [0.5, 0.6) is 0 Å². The van der Waals surface area contributed by atoms with Crippen LogP contribution in [0.4, 0.5) is 5.82 Å². The molecule has 4 heteroatoms. The van der Waals surface area contributed by atoms with Crippen LogP contribution in [-0.2, 0) is 4.74 Å². The van der Waals surface area contributed by atoms with E-state index in [4.69, 9.17) is 4.74 Å². The Morgan fingerprint density at radius 1 is 1.44 bits per heavy atom. The molecule has 1 aromatic heterocycles. The van der Waals surface area contributed by atoms with Gasteiger partial charge in [-0.15, -0.1) is 0 Å². The maximum Gasteiger partial charge on any atom is 0.127 e. The van der Waals surface area contributed by atoms with Gasteiger partial charge in [0.15, 0.2) is 0 Å². The molecule has 0 aliphatic carbocycles. The first kappa shape index (κ1) is 11.9. The van der Waals surface area contributed by atoms with Crippen molar-refractivity contribution in [2.45, 2.75) is 19.8 Å². The van der Waals surface area contributed by atoms with Crippen LogP contribution in [0.2, 0.25) is 0 Å². The quantitative estimate of drug-likeness (QED) is 0.867. The Labute approximate surface area is 105 Å². The molecule has 0 atom stereocenters. The molecule has 1 saturated heterocycles. The van der Waals surface area contributed by atoms with Gasteiger partial charge in [-0.25, -0.2) is 4.98 Å². The summed E-state index contributed by atoms with van der Waals surface area (Å²) >= 11 is 3.37. The second-order valence-electron chi connectivity index (χ2n) is 4.62. The molecule has 0 spiro atoms. The lowest BCUT2D eigenvalue weighted by molar-refractivity contribution is 0.0300. The van der Waals surface area contributed by atoms with E-state index in [1.807, 2.05) is 18.2 Å². The van der Waals surface area contributed by atoms with E-state index >= 15 is 0 Å². The van der Waals surface area contributed by atoms with Gasteiger partial charge in [-0.05, 0) is 46.3 Å². The zero-order valence-electron chi connectivity index (χ0n) is 9.50. The van der Waals surface area contributed by atoms with Gasteiger partial charge in [-0.1, -0.05) is 13.0 Å². The van der Waals surface area contributed by atoms with E-state index < -0.39 is 0 Å². The number of pyridine rings is 1. The van der Waals surface area contributed by atoms with Crippen molar-refractivity contribution in [1.82, 2.24) is 4.98 Å². The summed E-state index contributed by atoms with van der Waals surface area (Å²) in [6, 6.07) is 5.92. The lowest BCUT2D eigenvalue weighted by Gasteiger charge is -2.33. The first-order valence-electron chi connectivity index (χ1n) is 5.62. The highest BCUT2D eigenvalue weighted by Gasteiger charge is 2.26. The van der Waals surface area contributed by atoms with E-state index in [1.54, 1.807) is 0 Å². The van der Waals surface area contributed by atoms with Crippen molar-refractivity contribution >= 4 is 21.7 Å². The van der Waals surface area contributed by atoms with Crippen LogP contribution in [0.25, 0.3) is 0 Å². The number of nitrogens with zero attached hydrogens (tertiary/aromatic N) is 1. The van der Waals surface area contributed by atoms with Crippen LogP contribution < -0.4 is 5.32 Å². The summed E-state index contributed by atoms with van der Waals surface area (Å²) in [6.07, 6.45) is 2.24. The first-order valence-corrected chi connectivity index (χ1v) is 6.41. The summed E-state index contributed by atoms with van der Waals surface area (Å²) in [4.78, 5) is 4.36. The van der Waals surface area contributed by atoms with E-state index in [2.05, 4.69) is 33.2 Å². The third-order valence-corrected chi connectivity index (χ3v) is 3.55. The molecule has 16 heavy (non-hydrogen) atoms. The third kappa shape index (κ3) is 3.19. The summed E-state index contributed by atoms with van der Waals surface area (Å²) in [5.41, 5.74) is 0.336. The van der Waals surface area contributed by atoms with Crippen molar-refractivity contribution in [3.63, 3.8) is 0 Å². The zero-order valence-corrected chi connectivity index (χ0v) is 11.1. The molecule has 88 valence electrons. The minimum atomic E-state index is 0.336. The first-order chi connectivity index (χ1) is 7.68. The Bertz CT molecular complexity index is 351. The van der Waals surface area contributed by atoms with Gasteiger partial charge in [0.1, 0.15) is 10.4 Å². The second-order valence-corrected chi connectivity index (χ2v) is 5.43. The van der Waals surface area contributed by atoms with E-state index in [1.165, 1.54) is 0 Å². The van der Waals surface area contributed by atoms with E-state index in [0.29, 0.717) is 5.41 Å². The van der Waals surface area contributed by atoms with E-state index in [9.17, 15) is 0 Å². The summed E-state index contributed by atoms with van der Waals surface area (Å²) in [5, 5.41) is 3.40. The van der Waals surface area contributed by atoms with Crippen molar-refractivity contribution in [1.29, 1.82) is 0 Å². The standard InChI is InChI=1S/C12H17BrN2O/c1-12(5-7-16-8-6-12)9-14-11-4-2-3-10(13)15-11/h2-4H,5-9H2,1H3,(H,14,15). The minimum Gasteiger partial charge on any atom is -0.381 e. The molecule has 1 aliphatic rings. The number of aromatic nitrogens is 1. The minimum absolute atomic E-state index is 0.336. The average Bonchev–Trinajstić information content (AvgIpc) is 2.28. The van der Waals surface area contributed by atoms with Gasteiger partial charge >= 0.3 is 0 Å². The van der Waals surface area contributed by atoms with Gasteiger partial charge in [-0.2, -0.15) is 0 Å². The van der Waals surface area contributed by atoms with Gasteiger partial charge in [0.05, 0.1) is 0 Å². The van der Waals surface area contributed by atoms with Crippen LogP contribution in [0.1, 0.15) is 19.8 Å². The molecular formula is C12H17BrN2O. The topological polar surface area (TPSA) is 34.2 Å². The van der Waals surface area contributed by atoms with E-state index in [-0.39, 0.29) is 0 Å². The molecule has 0 bridgehead atoms. The lowest BCUT2D eigenvalue weighted by atomic mass is 9.82. The van der Waals surface area contributed by atoms with Crippen molar-refractivity contribution in [3.8, 4) is 0 Å². The van der Waals surface area contributed by atoms with Crippen molar-refractivity contribution in [2.75, 3.05) is 25.1 Å². The number of hydrogen-bond acceptors (Lipinski definition) is 3. The van der Waals surface area contributed by atoms with Crippen molar-refractivity contribution < 1.29 is 4.74 Å². The molecule has 0 amide bonds. The van der Waals surface area contributed by atoms with Gasteiger partial charge in [0, 0.05) is 19.8 Å². The van der Waals surface area contributed by atoms with E-state index in [0.717, 1.165) is 43.0 Å². The molecule has 0 aromatic carbocycles. The highest BCUT2D eigenvalue weighted by molar-refractivity contribution is 9.10. The molecular weight excluding hydrogens is 268 g/mol. The Morgan fingerprint density at radius 2 is 2.19 bits per heavy atom. The Morgan fingerprint density at radius 3 is 2.88 bits per heavy atom. The predicted molar refractivity (Wildman–Crippen MR) is 68.6 cm³/mol. The molecule has 1 aliphatic heterocycles. The number of halogens is 1. The molecule has 0 radical (unpaired) electrons. The van der Waals surface area contributed by atoms with Crippen LogP contribution >= 0.6 is 15.9 Å². The maximum absolute atomic E-state index is 5.39. The number of ether oxygens (including phenoxy) is 1. The van der Waals surface area contributed by atoms with Crippen LogP contribution in [-0.4, -0.2) is 24.7 Å². The van der Waals surface area contributed by atoms with Crippen LogP contribution in [0.3, 0.4) is 0 Å². The zero-order chi connectivity index (χ0) is 11.4. The van der Waals surface area contributed by atoms with Crippen LogP contribution in [0, 0.1) is 5.41 Å². The van der Waals surface area contributed by atoms with Gasteiger partial charge < -0.3 is 10.1 Å². The molecule has 1 aromatic rings. The largest absolute Gasteiger partial charge is 0.381 e. The van der Waals surface area contributed by atoms with Gasteiger partial charge in [-0.3, -0.25) is 0 Å². The summed E-state index contributed by atoms with van der Waals surface area (Å²) in [7, 11) is 0. The summed E-state index contributed by atoms with van der Waals surface area (Å²) in [6.45, 7) is 5.02. The van der Waals surface area contributed by atoms with Gasteiger partial charge in [0.25, 0.3) is 0 Å². The fraction of sp³-hybridized carbons (Fsp3) is 0.583. The second kappa shape index (κ2) is 5.15. The average molecular weight is 285 g/mol. The summed E-state index contributed by atoms with van der Waals surface area (Å²) < 4.78 is 6.26. The fourth-order valence-corrected chi connectivity index (χ4v) is 2.20. The molecule has 2 rings (SSSR count). The molecule has 0 saturated carbocycles. The number of hydrogen-bond donors (Lipinski definition) is 1. The SMILES string of the molecule is CC1(CNc2cccc(Br)n2)CCOCC1. The smallest absolute Gasteiger partial charge is 0.127 e. The number of rotatable bonds is 3. The monoisotopic (exact) mass is 284 g/mol. The van der Waals surface area contributed by atoms with Crippen molar-refractivity contribution in [3.05, 3.63) is 22.8 Å². The highest BCUT2D eigenvalue weighted by Crippen LogP contribution is 2.29. The predicted octanol–water partition coefficient (Wildman–Crippen LogP) is 3.07. The summed E-state index contributed by atoms with van der Waals surface area (Å²) in [5.74, 6) is 0.932. The lowest BCUT2D eigenvalue weighted by Crippen LogP contribution is -2.33. The molecule has 3 nitrogen and oxygen atoms in total.